The number of rotatable bonds is 9. The Balaban J connectivity index is 2.32. The number of carbonyl (C=O) groups is 1. The van der Waals surface area contributed by atoms with E-state index < -0.39 is 0 Å². The van der Waals surface area contributed by atoms with Crippen molar-refractivity contribution in [3.8, 4) is 0 Å². The van der Waals surface area contributed by atoms with Gasteiger partial charge in [0.25, 0.3) is 5.91 Å². The SMILES string of the molecule is CNC(=O)c1ccc(NCCCOCCOC)c(N)c1. The first-order valence-electron chi connectivity index (χ1n) is 6.61. The number of methoxy groups -OCH3 is 1. The maximum absolute atomic E-state index is 11.4. The first kappa shape index (κ1) is 16.3. The molecule has 6 heteroatoms. The maximum Gasteiger partial charge on any atom is 0.251 e. The molecule has 0 radical (unpaired) electrons. The van der Waals surface area contributed by atoms with Crippen molar-refractivity contribution in [3.05, 3.63) is 23.8 Å². The van der Waals surface area contributed by atoms with Gasteiger partial charge in [-0.05, 0) is 24.6 Å². The summed E-state index contributed by atoms with van der Waals surface area (Å²) in [4.78, 5) is 11.4. The molecule has 0 aliphatic carbocycles. The molecule has 1 amide bonds. The fourth-order valence-corrected chi connectivity index (χ4v) is 1.65. The highest BCUT2D eigenvalue weighted by Gasteiger charge is 2.05. The van der Waals surface area contributed by atoms with E-state index in [2.05, 4.69) is 10.6 Å². The number of nitrogens with one attached hydrogen (secondary N) is 2. The molecule has 0 fully saturated rings. The average molecular weight is 281 g/mol. The van der Waals surface area contributed by atoms with Crippen molar-refractivity contribution < 1.29 is 14.3 Å². The Bertz CT molecular complexity index is 424. The number of hydrogen-bond donors (Lipinski definition) is 3. The van der Waals surface area contributed by atoms with Crippen LogP contribution in [0.15, 0.2) is 18.2 Å². The van der Waals surface area contributed by atoms with Gasteiger partial charge < -0.3 is 25.8 Å². The number of nitrogens with two attached hydrogens (primary N) is 1. The standard InChI is InChI=1S/C14H23N3O3/c1-16-14(18)11-4-5-13(12(15)10-11)17-6-3-7-20-9-8-19-2/h4-5,10,17H,3,6-9,15H2,1-2H3,(H,16,18). The van der Waals surface area contributed by atoms with Gasteiger partial charge in [-0.2, -0.15) is 0 Å². The minimum atomic E-state index is -0.144. The van der Waals surface area contributed by atoms with E-state index in [9.17, 15) is 4.79 Å². The van der Waals surface area contributed by atoms with Crippen molar-refractivity contribution in [1.82, 2.24) is 5.32 Å². The predicted octanol–water partition coefficient (Wildman–Crippen LogP) is 1.09. The van der Waals surface area contributed by atoms with E-state index in [1.54, 1.807) is 26.3 Å². The Labute approximate surface area is 119 Å². The Kier molecular flexibility index (Phi) is 7.46. The van der Waals surface area contributed by atoms with Gasteiger partial charge in [0, 0.05) is 32.9 Å². The summed E-state index contributed by atoms with van der Waals surface area (Å²) >= 11 is 0. The molecule has 0 aromatic heterocycles. The van der Waals surface area contributed by atoms with Gasteiger partial charge in [0.1, 0.15) is 0 Å². The van der Waals surface area contributed by atoms with E-state index in [4.69, 9.17) is 15.2 Å². The van der Waals surface area contributed by atoms with Crippen molar-refractivity contribution in [2.45, 2.75) is 6.42 Å². The fourth-order valence-electron chi connectivity index (χ4n) is 1.65. The van der Waals surface area contributed by atoms with Crippen LogP contribution in [0.25, 0.3) is 0 Å². The Morgan fingerprint density at radius 2 is 2.10 bits per heavy atom. The third kappa shape index (κ3) is 5.46. The lowest BCUT2D eigenvalue weighted by molar-refractivity contribution is 0.0705. The Morgan fingerprint density at radius 3 is 2.75 bits per heavy atom. The number of hydrogen-bond acceptors (Lipinski definition) is 5. The smallest absolute Gasteiger partial charge is 0.251 e. The van der Waals surface area contributed by atoms with E-state index in [-0.39, 0.29) is 5.91 Å². The van der Waals surface area contributed by atoms with Crippen molar-refractivity contribution >= 4 is 17.3 Å². The highest BCUT2D eigenvalue weighted by Crippen LogP contribution is 2.19. The summed E-state index contributed by atoms with van der Waals surface area (Å²) in [6.07, 6.45) is 0.875. The summed E-state index contributed by atoms with van der Waals surface area (Å²) < 4.78 is 10.2. The highest BCUT2D eigenvalue weighted by atomic mass is 16.5. The molecule has 0 aliphatic rings. The third-order valence-electron chi connectivity index (χ3n) is 2.75. The molecule has 1 aromatic carbocycles. The van der Waals surface area contributed by atoms with Gasteiger partial charge >= 0.3 is 0 Å². The van der Waals surface area contributed by atoms with Crippen LogP contribution in [0.3, 0.4) is 0 Å². The lowest BCUT2D eigenvalue weighted by Gasteiger charge is -2.10. The van der Waals surface area contributed by atoms with E-state index in [1.165, 1.54) is 0 Å². The van der Waals surface area contributed by atoms with Crippen LogP contribution < -0.4 is 16.4 Å². The zero-order valence-electron chi connectivity index (χ0n) is 12.1. The summed E-state index contributed by atoms with van der Waals surface area (Å²) in [5.74, 6) is -0.144. The van der Waals surface area contributed by atoms with Gasteiger partial charge in [0.05, 0.1) is 24.6 Å². The van der Waals surface area contributed by atoms with Crippen LogP contribution in [-0.4, -0.2) is 46.4 Å². The molecule has 4 N–H and O–H groups in total. The molecule has 20 heavy (non-hydrogen) atoms. The van der Waals surface area contributed by atoms with Gasteiger partial charge in [0.2, 0.25) is 0 Å². The van der Waals surface area contributed by atoms with Gasteiger partial charge in [-0.3, -0.25) is 4.79 Å². The molecular weight excluding hydrogens is 258 g/mol. The van der Waals surface area contributed by atoms with Gasteiger partial charge in [-0.25, -0.2) is 0 Å². The number of carbonyl (C=O) groups excluding carboxylic acids is 1. The third-order valence-corrected chi connectivity index (χ3v) is 2.75. The molecule has 0 heterocycles. The largest absolute Gasteiger partial charge is 0.397 e. The summed E-state index contributed by atoms with van der Waals surface area (Å²) in [5, 5.41) is 5.78. The van der Waals surface area contributed by atoms with Gasteiger partial charge in [-0.1, -0.05) is 0 Å². The van der Waals surface area contributed by atoms with Crippen LogP contribution in [0.1, 0.15) is 16.8 Å². The van der Waals surface area contributed by atoms with E-state index in [0.29, 0.717) is 31.1 Å². The molecule has 1 rings (SSSR count). The van der Waals surface area contributed by atoms with Gasteiger partial charge in [0.15, 0.2) is 0 Å². The van der Waals surface area contributed by atoms with Crippen LogP contribution in [0, 0.1) is 0 Å². The second-order valence-electron chi connectivity index (χ2n) is 4.27. The van der Waals surface area contributed by atoms with Gasteiger partial charge in [-0.15, -0.1) is 0 Å². The minimum Gasteiger partial charge on any atom is -0.397 e. The monoisotopic (exact) mass is 281 g/mol. The second-order valence-corrected chi connectivity index (χ2v) is 4.27. The lowest BCUT2D eigenvalue weighted by Crippen LogP contribution is -2.18. The van der Waals surface area contributed by atoms with Crippen LogP contribution in [0.4, 0.5) is 11.4 Å². The molecule has 0 atom stereocenters. The number of amides is 1. The van der Waals surface area contributed by atoms with E-state index in [1.807, 2.05) is 6.07 Å². The molecule has 0 unspecified atom stereocenters. The minimum absolute atomic E-state index is 0.144. The highest BCUT2D eigenvalue weighted by molar-refractivity contribution is 5.95. The Hall–Kier alpha value is -1.79. The summed E-state index contributed by atoms with van der Waals surface area (Å²) in [6, 6.07) is 5.22. The summed E-state index contributed by atoms with van der Waals surface area (Å²) in [7, 11) is 3.24. The number of ether oxygens (including phenoxy) is 2. The quantitative estimate of drug-likeness (QED) is 0.466. The predicted molar refractivity (Wildman–Crippen MR) is 80.0 cm³/mol. The van der Waals surface area contributed by atoms with Crippen molar-refractivity contribution in [1.29, 1.82) is 0 Å². The molecule has 0 aliphatic heterocycles. The van der Waals surface area contributed by atoms with Crippen molar-refractivity contribution in [3.63, 3.8) is 0 Å². The van der Waals surface area contributed by atoms with Crippen molar-refractivity contribution in [2.75, 3.05) is 51.6 Å². The molecule has 1 aromatic rings. The molecular formula is C14H23N3O3. The zero-order valence-corrected chi connectivity index (χ0v) is 12.1. The second kappa shape index (κ2) is 9.17. The van der Waals surface area contributed by atoms with Crippen LogP contribution in [0.2, 0.25) is 0 Å². The van der Waals surface area contributed by atoms with E-state index >= 15 is 0 Å². The maximum atomic E-state index is 11.4. The first-order chi connectivity index (χ1) is 9.69. The molecule has 6 nitrogen and oxygen atoms in total. The van der Waals surface area contributed by atoms with E-state index in [0.717, 1.165) is 18.7 Å². The first-order valence-corrected chi connectivity index (χ1v) is 6.61. The molecule has 0 bridgehead atoms. The van der Waals surface area contributed by atoms with Crippen LogP contribution in [-0.2, 0) is 9.47 Å². The van der Waals surface area contributed by atoms with Crippen LogP contribution in [0.5, 0.6) is 0 Å². The normalized spacial score (nSPS) is 10.3. The number of benzene rings is 1. The summed E-state index contributed by atoms with van der Waals surface area (Å²) in [5.41, 5.74) is 7.85. The summed E-state index contributed by atoms with van der Waals surface area (Å²) in [6.45, 7) is 2.66. The molecule has 112 valence electrons. The topological polar surface area (TPSA) is 85.6 Å². The Morgan fingerprint density at radius 1 is 1.30 bits per heavy atom. The van der Waals surface area contributed by atoms with Crippen molar-refractivity contribution in [2.24, 2.45) is 0 Å². The zero-order chi connectivity index (χ0) is 14.8. The average Bonchev–Trinajstić information content (AvgIpc) is 2.46. The lowest BCUT2D eigenvalue weighted by atomic mass is 10.1. The number of anilines is 2. The molecule has 0 saturated heterocycles. The molecule has 0 spiro atoms. The molecule has 0 saturated carbocycles. The van der Waals surface area contributed by atoms with Crippen LogP contribution >= 0.6 is 0 Å². The number of nitrogen functional groups attached to an aromatic ring is 1. The fraction of sp³-hybridized carbons (Fsp3) is 0.500.